The van der Waals surface area contributed by atoms with Crippen molar-refractivity contribution >= 4 is 29.4 Å². The van der Waals surface area contributed by atoms with E-state index in [1.54, 1.807) is 37.3 Å². The molecule has 1 fully saturated rings. The van der Waals surface area contributed by atoms with Crippen LogP contribution in [0, 0.1) is 17.5 Å². The van der Waals surface area contributed by atoms with Gasteiger partial charge in [-0.3, -0.25) is 19.3 Å². The summed E-state index contributed by atoms with van der Waals surface area (Å²) in [6, 6.07) is 9.34. The summed E-state index contributed by atoms with van der Waals surface area (Å²) in [5.74, 6) is -6.96. The number of halogens is 3. The smallest absolute Gasteiger partial charge is 0.325 e. The van der Waals surface area contributed by atoms with Crippen LogP contribution in [-0.2, 0) is 19.9 Å². The van der Waals surface area contributed by atoms with E-state index < -0.39 is 65.5 Å². The van der Waals surface area contributed by atoms with Crippen LogP contribution in [0.15, 0.2) is 42.5 Å². The average molecular weight is 462 g/mol. The lowest BCUT2D eigenvalue weighted by Crippen LogP contribution is -2.46. The third kappa shape index (κ3) is 4.52. The van der Waals surface area contributed by atoms with Crippen molar-refractivity contribution in [3.05, 3.63) is 65.5 Å². The van der Waals surface area contributed by atoms with Crippen LogP contribution in [-0.4, -0.2) is 53.7 Å². The van der Waals surface area contributed by atoms with E-state index in [4.69, 9.17) is 0 Å². The first kappa shape index (κ1) is 23.8. The molecule has 11 heteroatoms. The highest BCUT2D eigenvalue weighted by Gasteiger charge is 2.51. The van der Waals surface area contributed by atoms with E-state index in [0.717, 1.165) is 15.9 Å². The molecule has 33 heavy (non-hydrogen) atoms. The SMILES string of the molecule is CC[C@@]1(c2ccccc2)NC(=O)N(CC(=O)N(C)CC(=O)Nc2ccc(F)c(F)c2F)C1=O. The third-order valence-electron chi connectivity index (χ3n) is 5.38. The van der Waals surface area contributed by atoms with Crippen molar-refractivity contribution in [3.63, 3.8) is 0 Å². The highest BCUT2D eigenvalue weighted by atomic mass is 19.2. The van der Waals surface area contributed by atoms with Gasteiger partial charge in [0.25, 0.3) is 5.91 Å². The predicted octanol–water partition coefficient (Wildman–Crippen LogP) is 2.36. The molecule has 0 saturated carbocycles. The molecule has 1 aliphatic heterocycles. The molecular formula is C22H21F3N4O4. The standard InChI is InChI=1S/C22H21F3N4O4/c1-3-22(13-7-5-4-6-8-13)20(32)29(21(33)27-22)12-17(31)28(2)11-16(30)26-15-10-9-14(23)18(24)19(15)25/h4-10H,3,11-12H2,1-2H3,(H,26,30)(H,27,33)/t22-/m0/s1. The maximum absolute atomic E-state index is 13.7. The van der Waals surface area contributed by atoms with Crippen LogP contribution < -0.4 is 10.6 Å². The Hall–Kier alpha value is -3.89. The molecule has 5 amide bonds. The number of likely N-dealkylation sites (N-methyl/N-ethyl adjacent to an activating group) is 1. The molecule has 2 aromatic rings. The molecule has 2 N–H and O–H groups in total. The molecule has 0 radical (unpaired) electrons. The van der Waals surface area contributed by atoms with Crippen LogP contribution in [0.4, 0.5) is 23.7 Å². The fourth-order valence-electron chi connectivity index (χ4n) is 3.50. The Labute approximate surface area is 187 Å². The molecular weight excluding hydrogens is 441 g/mol. The van der Waals surface area contributed by atoms with E-state index in [-0.39, 0.29) is 6.42 Å². The molecule has 0 aromatic heterocycles. The fourth-order valence-corrected chi connectivity index (χ4v) is 3.50. The van der Waals surface area contributed by atoms with Crippen LogP contribution in [0.2, 0.25) is 0 Å². The highest BCUT2D eigenvalue weighted by molar-refractivity contribution is 6.09. The minimum Gasteiger partial charge on any atom is -0.335 e. The summed E-state index contributed by atoms with van der Waals surface area (Å²) in [7, 11) is 1.24. The summed E-state index contributed by atoms with van der Waals surface area (Å²) >= 11 is 0. The zero-order chi connectivity index (χ0) is 24.3. The normalized spacial score (nSPS) is 17.7. The summed E-state index contributed by atoms with van der Waals surface area (Å²) in [5, 5.41) is 4.69. The average Bonchev–Trinajstić information content (AvgIpc) is 3.05. The molecule has 0 spiro atoms. The van der Waals surface area contributed by atoms with E-state index in [1.165, 1.54) is 7.05 Å². The van der Waals surface area contributed by atoms with E-state index in [1.807, 2.05) is 5.32 Å². The first-order valence-corrected chi connectivity index (χ1v) is 9.97. The van der Waals surface area contributed by atoms with Gasteiger partial charge >= 0.3 is 6.03 Å². The second-order valence-electron chi connectivity index (χ2n) is 7.47. The van der Waals surface area contributed by atoms with Crippen LogP contribution in [0.1, 0.15) is 18.9 Å². The molecule has 0 unspecified atom stereocenters. The number of hydrogen-bond acceptors (Lipinski definition) is 4. The monoisotopic (exact) mass is 462 g/mol. The molecule has 2 aromatic carbocycles. The Morgan fingerprint density at radius 2 is 1.73 bits per heavy atom. The molecule has 0 bridgehead atoms. The maximum Gasteiger partial charge on any atom is 0.325 e. The van der Waals surface area contributed by atoms with E-state index in [0.29, 0.717) is 11.6 Å². The number of carbonyl (C=O) groups is 4. The van der Waals surface area contributed by atoms with Gasteiger partial charge in [-0.25, -0.2) is 18.0 Å². The second kappa shape index (κ2) is 9.31. The Kier molecular flexibility index (Phi) is 6.70. The van der Waals surface area contributed by atoms with Crippen LogP contribution in [0.25, 0.3) is 0 Å². The van der Waals surface area contributed by atoms with Gasteiger partial charge in [0.1, 0.15) is 12.1 Å². The Morgan fingerprint density at radius 1 is 1.06 bits per heavy atom. The Bertz CT molecular complexity index is 1110. The Balaban J connectivity index is 1.66. The number of nitrogens with one attached hydrogen (secondary N) is 2. The van der Waals surface area contributed by atoms with E-state index in [2.05, 4.69) is 5.32 Å². The van der Waals surface area contributed by atoms with Crippen molar-refractivity contribution in [2.24, 2.45) is 0 Å². The van der Waals surface area contributed by atoms with Crippen molar-refractivity contribution in [3.8, 4) is 0 Å². The van der Waals surface area contributed by atoms with Gasteiger partial charge in [0, 0.05) is 7.05 Å². The van der Waals surface area contributed by atoms with Gasteiger partial charge in [0.05, 0.1) is 12.2 Å². The second-order valence-corrected chi connectivity index (χ2v) is 7.47. The molecule has 174 valence electrons. The fraction of sp³-hybridized carbons (Fsp3) is 0.273. The number of carbonyl (C=O) groups excluding carboxylic acids is 4. The third-order valence-corrected chi connectivity index (χ3v) is 5.38. The summed E-state index contributed by atoms with van der Waals surface area (Å²) in [6.07, 6.45) is 0.254. The molecule has 1 aliphatic rings. The van der Waals surface area contributed by atoms with Crippen LogP contribution in [0.5, 0.6) is 0 Å². The van der Waals surface area contributed by atoms with Gasteiger partial charge in [-0.1, -0.05) is 37.3 Å². The van der Waals surface area contributed by atoms with Gasteiger partial charge in [0.15, 0.2) is 17.5 Å². The van der Waals surface area contributed by atoms with Crippen molar-refractivity contribution in [1.29, 1.82) is 0 Å². The lowest BCUT2D eigenvalue weighted by Gasteiger charge is -2.26. The number of imide groups is 1. The van der Waals surface area contributed by atoms with Crippen LogP contribution >= 0.6 is 0 Å². The van der Waals surface area contributed by atoms with Crippen molar-refractivity contribution in [2.45, 2.75) is 18.9 Å². The van der Waals surface area contributed by atoms with Crippen molar-refractivity contribution < 1.29 is 32.3 Å². The molecule has 0 aliphatic carbocycles. The molecule has 1 heterocycles. The van der Waals surface area contributed by atoms with Gasteiger partial charge in [0.2, 0.25) is 11.8 Å². The number of nitrogens with zero attached hydrogens (tertiary/aromatic N) is 2. The zero-order valence-corrected chi connectivity index (χ0v) is 17.8. The van der Waals surface area contributed by atoms with Gasteiger partial charge in [-0.15, -0.1) is 0 Å². The first-order chi connectivity index (χ1) is 15.6. The topological polar surface area (TPSA) is 98.8 Å². The molecule has 3 rings (SSSR count). The number of amides is 5. The minimum absolute atomic E-state index is 0.254. The largest absolute Gasteiger partial charge is 0.335 e. The summed E-state index contributed by atoms with van der Waals surface area (Å²) in [4.78, 5) is 51.9. The lowest BCUT2D eigenvalue weighted by molar-refractivity contribution is -0.139. The number of anilines is 1. The number of urea groups is 1. The summed E-state index contributed by atoms with van der Waals surface area (Å²) in [6.45, 7) is 0.519. The summed E-state index contributed by atoms with van der Waals surface area (Å²) < 4.78 is 40.0. The number of hydrogen-bond donors (Lipinski definition) is 2. The summed E-state index contributed by atoms with van der Waals surface area (Å²) in [5.41, 5.74) is -1.33. The zero-order valence-electron chi connectivity index (χ0n) is 17.8. The van der Waals surface area contributed by atoms with E-state index in [9.17, 15) is 32.3 Å². The Morgan fingerprint density at radius 3 is 2.36 bits per heavy atom. The van der Waals surface area contributed by atoms with Gasteiger partial charge in [-0.2, -0.15) is 0 Å². The van der Waals surface area contributed by atoms with Crippen molar-refractivity contribution in [1.82, 2.24) is 15.1 Å². The highest BCUT2D eigenvalue weighted by Crippen LogP contribution is 2.32. The van der Waals surface area contributed by atoms with Crippen LogP contribution in [0.3, 0.4) is 0 Å². The van der Waals surface area contributed by atoms with Gasteiger partial charge in [-0.05, 0) is 24.1 Å². The predicted molar refractivity (Wildman–Crippen MR) is 111 cm³/mol. The molecule has 1 saturated heterocycles. The maximum atomic E-state index is 13.7. The number of benzene rings is 2. The van der Waals surface area contributed by atoms with Gasteiger partial charge < -0.3 is 15.5 Å². The molecule has 8 nitrogen and oxygen atoms in total. The minimum atomic E-state index is -1.74. The molecule has 1 atom stereocenters. The lowest BCUT2D eigenvalue weighted by atomic mass is 9.87. The van der Waals surface area contributed by atoms with E-state index >= 15 is 0 Å². The first-order valence-electron chi connectivity index (χ1n) is 9.97. The van der Waals surface area contributed by atoms with Crippen molar-refractivity contribution in [2.75, 3.05) is 25.5 Å². The number of rotatable bonds is 7. The quantitative estimate of drug-likeness (QED) is 0.488.